The van der Waals surface area contributed by atoms with Crippen LogP contribution in [0.1, 0.15) is 22.5 Å². The van der Waals surface area contributed by atoms with Gasteiger partial charge in [0.1, 0.15) is 0 Å². The molecule has 0 aliphatic heterocycles. The number of halogens is 3. The molecule has 0 spiro atoms. The van der Waals surface area contributed by atoms with Gasteiger partial charge in [-0.25, -0.2) is 18.6 Å². The molecule has 0 aromatic carbocycles. The third-order valence-corrected chi connectivity index (χ3v) is 1.80. The number of hydrogen-bond donors (Lipinski definition) is 0. The Hall–Kier alpha value is -2.19. The van der Waals surface area contributed by atoms with Crippen molar-refractivity contribution in [2.75, 3.05) is 7.11 Å². The van der Waals surface area contributed by atoms with Crippen LogP contribution in [-0.2, 0) is 4.74 Å². The van der Waals surface area contributed by atoms with Crippen molar-refractivity contribution < 1.29 is 27.6 Å². The normalized spacial score (nSPS) is 10.4. The molecule has 0 saturated heterocycles. The minimum absolute atomic E-state index is 0.263. The standard InChI is InChI=1S/C8H5F3N2O4/c1-17-8(14)5-3(6(9)10)2-4(13(15)16)7(11)12-5/h2,6H,1H3. The van der Waals surface area contributed by atoms with Crippen LogP contribution in [0.4, 0.5) is 18.9 Å². The van der Waals surface area contributed by atoms with E-state index in [0.29, 0.717) is 0 Å². The smallest absolute Gasteiger partial charge is 0.357 e. The van der Waals surface area contributed by atoms with E-state index in [2.05, 4.69) is 9.72 Å². The number of rotatable bonds is 3. The highest BCUT2D eigenvalue weighted by Crippen LogP contribution is 2.27. The number of aromatic nitrogens is 1. The van der Waals surface area contributed by atoms with Gasteiger partial charge in [-0.2, -0.15) is 4.39 Å². The van der Waals surface area contributed by atoms with Crippen molar-refractivity contribution in [3.63, 3.8) is 0 Å². The van der Waals surface area contributed by atoms with Gasteiger partial charge in [-0.1, -0.05) is 0 Å². The van der Waals surface area contributed by atoms with Crippen molar-refractivity contribution in [3.8, 4) is 0 Å². The zero-order valence-corrected chi connectivity index (χ0v) is 8.32. The highest BCUT2D eigenvalue weighted by molar-refractivity contribution is 5.89. The SMILES string of the molecule is COC(=O)c1nc(F)c([N+](=O)[O-])cc1C(F)F. The second kappa shape index (κ2) is 4.76. The van der Waals surface area contributed by atoms with Crippen molar-refractivity contribution in [2.24, 2.45) is 0 Å². The average Bonchev–Trinajstić information content (AvgIpc) is 2.26. The van der Waals surface area contributed by atoms with Gasteiger partial charge in [-0.3, -0.25) is 10.1 Å². The van der Waals surface area contributed by atoms with Crippen LogP contribution >= 0.6 is 0 Å². The molecule has 1 aromatic heterocycles. The van der Waals surface area contributed by atoms with Crippen molar-refractivity contribution in [2.45, 2.75) is 6.43 Å². The fourth-order valence-corrected chi connectivity index (χ4v) is 1.05. The average molecular weight is 250 g/mol. The van der Waals surface area contributed by atoms with E-state index >= 15 is 0 Å². The number of ether oxygens (including phenoxy) is 1. The fourth-order valence-electron chi connectivity index (χ4n) is 1.05. The maximum absolute atomic E-state index is 13.0. The first-order valence-electron chi connectivity index (χ1n) is 4.09. The summed E-state index contributed by atoms with van der Waals surface area (Å²) in [5.74, 6) is -2.92. The van der Waals surface area contributed by atoms with Crippen molar-refractivity contribution >= 4 is 11.7 Å². The van der Waals surface area contributed by atoms with Gasteiger partial charge in [0.05, 0.1) is 17.6 Å². The monoisotopic (exact) mass is 250 g/mol. The molecule has 0 aliphatic carbocycles. The number of carbonyl (C=O) groups is 1. The van der Waals surface area contributed by atoms with Gasteiger partial charge in [0.15, 0.2) is 5.69 Å². The Bertz CT molecular complexity index is 478. The molecule has 1 heterocycles. The second-order valence-corrected chi connectivity index (χ2v) is 2.79. The van der Waals surface area contributed by atoms with E-state index in [0.717, 1.165) is 7.11 Å². The molecule has 17 heavy (non-hydrogen) atoms. The number of alkyl halides is 2. The molecule has 0 radical (unpaired) electrons. The number of hydrogen-bond acceptors (Lipinski definition) is 5. The minimum atomic E-state index is -3.21. The third-order valence-electron chi connectivity index (χ3n) is 1.80. The van der Waals surface area contributed by atoms with Gasteiger partial charge in [0.2, 0.25) is 0 Å². The third kappa shape index (κ3) is 2.49. The molecule has 92 valence electrons. The van der Waals surface area contributed by atoms with E-state index in [-0.39, 0.29) is 6.07 Å². The van der Waals surface area contributed by atoms with Crippen molar-refractivity contribution in [1.29, 1.82) is 0 Å². The summed E-state index contributed by atoms with van der Waals surface area (Å²) in [4.78, 5) is 22.9. The lowest BCUT2D eigenvalue weighted by molar-refractivity contribution is -0.388. The van der Waals surface area contributed by atoms with Crippen molar-refractivity contribution in [3.05, 3.63) is 33.4 Å². The molecule has 1 rings (SSSR count). The van der Waals surface area contributed by atoms with Gasteiger partial charge in [0.25, 0.3) is 12.4 Å². The van der Waals surface area contributed by atoms with Crippen LogP contribution in [0.25, 0.3) is 0 Å². The summed E-state index contributed by atoms with van der Waals surface area (Å²) in [6.45, 7) is 0. The highest BCUT2D eigenvalue weighted by Gasteiger charge is 2.28. The summed E-state index contributed by atoms with van der Waals surface area (Å²) in [5, 5.41) is 10.3. The molecule has 0 N–H and O–H groups in total. The fraction of sp³-hybridized carbons (Fsp3) is 0.250. The Labute approximate surface area is 92.2 Å². The molecule has 9 heteroatoms. The van der Waals surface area contributed by atoms with Gasteiger partial charge in [-0.15, -0.1) is 0 Å². The highest BCUT2D eigenvalue weighted by atomic mass is 19.3. The molecular formula is C8H5F3N2O4. The predicted octanol–water partition coefficient (Wildman–Crippen LogP) is 1.85. The zero-order valence-electron chi connectivity index (χ0n) is 8.32. The number of nitro groups is 1. The summed E-state index contributed by atoms with van der Waals surface area (Å²) < 4.78 is 42.2. The van der Waals surface area contributed by atoms with E-state index in [9.17, 15) is 28.1 Å². The summed E-state index contributed by atoms with van der Waals surface area (Å²) >= 11 is 0. The van der Waals surface area contributed by atoms with Crippen LogP contribution in [0.5, 0.6) is 0 Å². The Morgan fingerprint density at radius 3 is 2.59 bits per heavy atom. The van der Waals surface area contributed by atoms with Crippen LogP contribution in [-0.4, -0.2) is 23.0 Å². The number of carbonyl (C=O) groups excluding carboxylic acids is 1. The van der Waals surface area contributed by atoms with Crippen molar-refractivity contribution in [1.82, 2.24) is 4.98 Å². The van der Waals surface area contributed by atoms with E-state index in [1.165, 1.54) is 0 Å². The van der Waals surface area contributed by atoms with Crippen LogP contribution in [0.2, 0.25) is 0 Å². The molecule has 0 aliphatic rings. The molecule has 1 aromatic rings. The minimum Gasteiger partial charge on any atom is -0.464 e. The van der Waals surface area contributed by atoms with Gasteiger partial charge >= 0.3 is 11.7 Å². The Kier molecular flexibility index (Phi) is 3.61. The predicted molar refractivity (Wildman–Crippen MR) is 47.1 cm³/mol. The Morgan fingerprint density at radius 2 is 2.18 bits per heavy atom. The van der Waals surface area contributed by atoms with Gasteiger partial charge < -0.3 is 4.74 Å². The maximum Gasteiger partial charge on any atom is 0.357 e. The largest absolute Gasteiger partial charge is 0.464 e. The van der Waals surface area contributed by atoms with Crippen LogP contribution in [0.3, 0.4) is 0 Å². The zero-order chi connectivity index (χ0) is 13.2. The lowest BCUT2D eigenvalue weighted by Crippen LogP contribution is -2.12. The first kappa shape index (κ1) is 12.9. The maximum atomic E-state index is 13.0. The lowest BCUT2D eigenvalue weighted by atomic mass is 10.2. The summed E-state index contributed by atoms with van der Waals surface area (Å²) in [6, 6.07) is 0.263. The molecule has 0 bridgehead atoms. The van der Waals surface area contributed by atoms with Gasteiger partial charge in [-0.05, 0) is 0 Å². The lowest BCUT2D eigenvalue weighted by Gasteiger charge is -2.06. The summed E-state index contributed by atoms with van der Waals surface area (Å²) in [7, 11) is 0.887. The molecule has 0 amide bonds. The number of esters is 1. The molecular weight excluding hydrogens is 245 g/mol. The topological polar surface area (TPSA) is 82.3 Å². The van der Waals surface area contributed by atoms with Crippen LogP contribution in [0, 0.1) is 16.1 Å². The Morgan fingerprint density at radius 1 is 1.59 bits per heavy atom. The molecule has 0 unspecified atom stereocenters. The molecule has 6 nitrogen and oxygen atoms in total. The second-order valence-electron chi connectivity index (χ2n) is 2.79. The van der Waals surface area contributed by atoms with Crippen LogP contribution in [0.15, 0.2) is 6.07 Å². The first-order chi connectivity index (χ1) is 7.88. The molecule has 0 fully saturated rings. The summed E-state index contributed by atoms with van der Waals surface area (Å²) in [5.41, 5.74) is -3.26. The first-order valence-corrected chi connectivity index (χ1v) is 4.09. The van der Waals surface area contributed by atoms with E-state index < -0.39 is 40.2 Å². The number of nitrogens with zero attached hydrogens (tertiary/aromatic N) is 2. The van der Waals surface area contributed by atoms with E-state index in [4.69, 9.17) is 0 Å². The van der Waals surface area contributed by atoms with E-state index in [1.807, 2.05) is 0 Å². The quantitative estimate of drug-likeness (QED) is 0.354. The van der Waals surface area contributed by atoms with Gasteiger partial charge in [0, 0.05) is 6.07 Å². The number of methoxy groups -OCH3 is 1. The van der Waals surface area contributed by atoms with Crippen LogP contribution < -0.4 is 0 Å². The molecule has 0 saturated carbocycles. The number of pyridine rings is 1. The van der Waals surface area contributed by atoms with E-state index in [1.54, 1.807) is 0 Å². The molecule has 0 atom stereocenters. The Balaban J connectivity index is 3.46. The summed E-state index contributed by atoms with van der Waals surface area (Å²) in [6.07, 6.45) is -3.21.